The number of fused-ring (bicyclic) bond motifs is 1. The Balaban J connectivity index is 0.00000300. The molecule has 1 amide bonds. The van der Waals surface area contributed by atoms with Crippen LogP contribution in [-0.2, 0) is 9.53 Å². The molecule has 2 N–H and O–H groups in total. The van der Waals surface area contributed by atoms with Gasteiger partial charge in [0.25, 0.3) is 0 Å². The van der Waals surface area contributed by atoms with E-state index in [4.69, 9.17) is 4.74 Å². The third-order valence-electron chi connectivity index (χ3n) is 3.88. The van der Waals surface area contributed by atoms with E-state index >= 15 is 0 Å². The van der Waals surface area contributed by atoms with E-state index in [2.05, 4.69) is 20.6 Å². The number of esters is 1. The maximum absolute atomic E-state index is 12.6. The zero-order chi connectivity index (χ0) is 20.3. The van der Waals surface area contributed by atoms with Crippen LogP contribution in [0.3, 0.4) is 0 Å². The van der Waals surface area contributed by atoms with Crippen LogP contribution >= 0.6 is 12.4 Å². The quantitative estimate of drug-likeness (QED) is 0.591. The van der Waals surface area contributed by atoms with Crippen LogP contribution in [0.2, 0.25) is 0 Å². The van der Waals surface area contributed by atoms with Crippen molar-refractivity contribution in [3.63, 3.8) is 0 Å². The molecule has 152 valence electrons. The molecule has 0 unspecified atom stereocenters. The summed E-state index contributed by atoms with van der Waals surface area (Å²) in [5.74, 6) is -0.627. The number of halogens is 1. The maximum atomic E-state index is 12.6. The molecule has 0 aliphatic heterocycles. The smallest absolute Gasteiger partial charge is 0.342 e. The normalized spacial score (nSPS) is 10.4. The molecule has 8 heteroatoms. The summed E-state index contributed by atoms with van der Waals surface area (Å²) in [6.07, 6.45) is 1.22. The van der Waals surface area contributed by atoms with Crippen molar-refractivity contribution in [3.8, 4) is 0 Å². The van der Waals surface area contributed by atoms with Crippen LogP contribution in [0.5, 0.6) is 0 Å². The van der Waals surface area contributed by atoms with Gasteiger partial charge in [-0.15, -0.1) is 12.4 Å². The van der Waals surface area contributed by atoms with Gasteiger partial charge in [0.2, 0.25) is 5.91 Å². The highest BCUT2D eigenvalue weighted by atomic mass is 35.5. The fraction of sp³-hybridized carbons (Fsp3) is 0.238. The Morgan fingerprint density at radius 1 is 1.10 bits per heavy atom. The summed E-state index contributed by atoms with van der Waals surface area (Å²) in [5.41, 5.74) is 3.59. The molecule has 0 radical (unpaired) electrons. The third-order valence-corrected chi connectivity index (χ3v) is 3.88. The fourth-order valence-electron chi connectivity index (χ4n) is 2.76. The van der Waals surface area contributed by atoms with Gasteiger partial charge in [0.1, 0.15) is 5.56 Å². The molecule has 0 aliphatic carbocycles. The minimum atomic E-state index is -0.467. The average molecular weight is 415 g/mol. The van der Waals surface area contributed by atoms with Gasteiger partial charge in [-0.2, -0.15) is 0 Å². The summed E-state index contributed by atoms with van der Waals surface area (Å²) in [7, 11) is 0. The highest BCUT2D eigenvalue weighted by Crippen LogP contribution is 2.30. The Bertz CT molecular complexity index is 1050. The minimum Gasteiger partial charge on any atom is -0.459 e. The highest BCUT2D eigenvalue weighted by molar-refractivity contribution is 6.05. The van der Waals surface area contributed by atoms with Crippen molar-refractivity contribution < 1.29 is 14.3 Å². The van der Waals surface area contributed by atoms with Crippen molar-refractivity contribution >= 4 is 52.4 Å². The first-order valence-corrected chi connectivity index (χ1v) is 8.95. The summed E-state index contributed by atoms with van der Waals surface area (Å²) >= 11 is 0. The van der Waals surface area contributed by atoms with E-state index in [1.165, 1.54) is 13.1 Å². The second-order valence-electron chi connectivity index (χ2n) is 6.71. The van der Waals surface area contributed by atoms with Gasteiger partial charge in [0.15, 0.2) is 5.65 Å². The van der Waals surface area contributed by atoms with Crippen LogP contribution in [0.1, 0.15) is 36.8 Å². The van der Waals surface area contributed by atoms with E-state index in [0.717, 1.165) is 5.69 Å². The molecule has 3 rings (SSSR count). The molecule has 0 atom stereocenters. The Morgan fingerprint density at radius 3 is 2.52 bits per heavy atom. The van der Waals surface area contributed by atoms with Crippen molar-refractivity contribution in [1.82, 2.24) is 9.97 Å². The van der Waals surface area contributed by atoms with Gasteiger partial charge in [-0.3, -0.25) is 4.79 Å². The number of ether oxygens (including phenoxy) is 1. The average Bonchev–Trinajstić information content (AvgIpc) is 2.60. The number of benzene rings is 1. The minimum absolute atomic E-state index is 0. The van der Waals surface area contributed by atoms with E-state index in [0.29, 0.717) is 33.7 Å². The number of hydrogen-bond donors (Lipinski definition) is 2. The number of nitrogens with zero attached hydrogens (tertiary/aromatic N) is 2. The largest absolute Gasteiger partial charge is 0.459 e. The fourth-order valence-corrected chi connectivity index (χ4v) is 2.76. The van der Waals surface area contributed by atoms with Crippen molar-refractivity contribution in [2.24, 2.45) is 0 Å². The predicted molar refractivity (Wildman–Crippen MR) is 116 cm³/mol. The lowest BCUT2D eigenvalue weighted by Gasteiger charge is -2.16. The molecule has 0 bridgehead atoms. The zero-order valence-electron chi connectivity index (χ0n) is 16.6. The van der Waals surface area contributed by atoms with E-state index in [-0.39, 0.29) is 24.4 Å². The summed E-state index contributed by atoms with van der Waals surface area (Å²) in [5, 5.41) is 6.72. The van der Waals surface area contributed by atoms with Gasteiger partial charge in [-0.05, 0) is 51.1 Å². The number of rotatable bonds is 5. The molecular weight excluding hydrogens is 392 g/mol. The first-order chi connectivity index (χ1) is 13.3. The number of hydrogen-bond acceptors (Lipinski definition) is 6. The topological polar surface area (TPSA) is 93.2 Å². The molecule has 29 heavy (non-hydrogen) atoms. The van der Waals surface area contributed by atoms with E-state index in [1.807, 2.05) is 31.2 Å². The van der Waals surface area contributed by atoms with Crippen LogP contribution in [0.25, 0.3) is 11.0 Å². The summed E-state index contributed by atoms with van der Waals surface area (Å²) < 4.78 is 5.37. The van der Waals surface area contributed by atoms with Crippen molar-refractivity contribution in [3.05, 3.63) is 53.9 Å². The maximum Gasteiger partial charge on any atom is 0.342 e. The highest BCUT2D eigenvalue weighted by Gasteiger charge is 2.19. The molecule has 2 heterocycles. The van der Waals surface area contributed by atoms with Crippen LogP contribution in [-0.4, -0.2) is 27.9 Å². The van der Waals surface area contributed by atoms with E-state index in [9.17, 15) is 9.59 Å². The molecule has 0 fully saturated rings. The number of amides is 1. The number of carbonyl (C=O) groups excluding carboxylic acids is 2. The van der Waals surface area contributed by atoms with E-state index < -0.39 is 5.97 Å². The lowest BCUT2D eigenvalue weighted by molar-refractivity contribution is -0.114. The monoisotopic (exact) mass is 414 g/mol. The van der Waals surface area contributed by atoms with Crippen molar-refractivity contribution in [2.45, 2.75) is 33.8 Å². The number of anilines is 3. The molecule has 0 aliphatic rings. The standard InChI is InChI=1S/C21H22N4O3.ClH/c1-12(2)28-21(27)18-11-22-20-17(9-8-13(3)23-20)19(18)25-16-7-5-6-15(10-16)24-14(4)26;/h5-12H,1-4H3,(H,24,26)(H,22,23,25);1H. The van der Waals surface area contributed by atoms with Gasteiger partial charge >= 0.3 is 5.97 Å². The number of aromatic nitrogens is 2. The van der Waals surface area contributed by atoms with E-state index in [1.54, 1.807) is 26.0 Å². The lowest BCUT2D eigenvalue weighted by Crippen LogP contribution is -2.14. The molecule has 0 spiro atoms. The number of pyridine rings is 2. The summed E-state index contributed by atoms with van der Waals surface area (Å²) in [6.45, 7) is 6.92. The predicted octanol–water partition coefficient (Wildman–Crippen LogP) is 4.63. The Labute approximate surface area is 175 Å². The SMILES string of the molecule is CC(=O)Nc1cccc(Nc2c(C(=O)OC(C)C)cnc3nc(C)ccc23)c1.Cl. The van der Waals surface area contributed by atoms with Gasteiger partial charge in [-0.1, -0.05) is 6.07 Å². The van der Waals surface area contributed by atoms with Gasteiger partial charge in [0, 0.05) is 35.6 Å². The molecule has 7 nitrogen and oxygen atoms in total. The van der Waals surface area contributed by atoms with Gasteiger partial charge in [-0.25, -0.2) is 14.8 Å². The van der Waals surface area contributed by atoms with Gasteiger partial charge in [0.05, 0.1) is 11.8 Å². The Kier molecular flexibility index (Phi) is 7.12. The van der Waals surface area contributed by atoms with Crippen molar-refractivity contribution in [2.75, 3.05) is 10.6 Å². The molecule has 2 aromatic heterocycles. The molecule has 3 aromatic rings. The summed E-state index contributed by atoms with van der Waals surface area (Å²) in [6, 6.07) is 11.0. The number of aryl methyl sites for hydroxylation is 1. The van der Waals surface area contributed by atoms with Crippen molar-refractivity contribution in [1.29, 1.82) is 0 Å². The first-order valence-electron chi connectivity index (χ1n) is 8.95. The molecule has 1 aromatic carbocycles. The number of carbonyl (C=O) groups is 2. The Hall–Kier alpha value is -3.19. The van der Waals surface area contributed by atoms with Crippen LogP contribution in [0.15, 0.2) is 42.6 Å². The second-order valence-corrected chi connectivity index (χ2v) is 6.71. The summed E-state index contributed by atoms with van der Waals surface area (Å²) in [4.78, 5) is 32.7. The zero-order valence-corrected chi connectivity index (χ0v) is 17.5. The number of nitrogens with one attached hydrogen (secondary N) is 2. The third kappa shape index (κ3) is 5.42. The van der Waals surface area contributed by atoms with Crippen LogP contribution in [0, 0.1) is 6.92 Å². The lowest BCUT2D eigenvalue weighted by atomic mass is 10.1. The second kappa shape index (κ2) is 9.34. The van der Waals surface area contributed by atoms with Gasteiger partial charge < -0.3 is 15.4 Å². The molecule has 0 saturated heterocycles. The Morgan fingerprint density at radius 2 is 1.83 bits per heavy atom. The van der Waals surface area contributed by atoms with Crippen LogP contribution < -0.4 is 10.6 Å². The first kappa shape index (κ1) is 22.1. The van der Waals surface area contributed by atoms with Crippen LogP contribution in [0.4, 0.5) is 17.1 Å². The molecular formula is C21H23ClN4O3. The molecule has 0 saturated carbocycles.